The number of primary amides is 2. The van der Waals surface area contributed by atoms with E-state index in [1.165, 1.54) is 33.5 Å². The number of nitrogen functional groups attached to an aromatic ring is 2. The van der Waals surface area contributed by atoms with Gasteiger partial charge in [0.25, 0.3) is 11.8 Å². The van der Waals surface area contributed by atoms with Crippen LogP contribution in [0.3, 0.4) is 0 Å². The molecule has 9 N–H and O–H groups in total. The van der Waals surface area contributed by atoms with E-state index >= 15 is 0 Å². The summed E-state index contributed by atoms with van der Waals surface area (Å²) in [7, 11) is 4.20. The van der Waals surface area contributed by atoms with Gasteiger partial charge in [-0.1, -0.05) is 43.0 Å². The fourth-order valence-electron chi connectivity index (χ4n) is 8.81. The first-order chi connectivity index (χ1) is 35.2. The number of alkyl halides is 9. The van der Waals surface area contributed by atoms with Crippen LogP contribution in [0.1, 0.15) is 120 Å². The minimum absolute atomic E-state index is 0.00895. The van der Waals surface area contributed by atoms with Crippen LogP contribution in [0.5, 0.6) is 17.6 Å². The van der Waals surface area contributed by atoms with Crippen molar-refractivity contribution in [2.24, 2.45) is 47.0 Å². The quantitative estimate of drug-likeness (QED) is 0.0791. The van der Waals surface area contributed by atoms with Crippen molar-refractivity contribution in [2.45, 2.75) is 95.6 Å². The Kier molecular flexibility index (Phi) is 21.5. The smallest absolute Gasteiger partial charge is 0.391 e. The molecule has 3 aliphatic carbocycles. The first kappa shape index (κ1) is 60.2. The minimum atomic E-state index is -4.15. The lowest BCUT2D eigenvalue weighted by molar-refractivity contribution is -0.183. The van der Waals surface area contributed by atoms with Gasteiger partial charge in [-0.2, -0.15) is 49.8 Å². The van der Waals surface area contributed by atoms with Gasteiger partial charge in [0.2, 0.25) is 23.5 Å². The Balaban J connectivity index is 0.000000245. The maximum atomic E-state index is 12.8. The molecule has 0 unspecified atom stereocenters. The summed E-state index contributed by atoms with van der Waals surface area (Å²) in [5, 5.41) is 11.4. The number of nitrogens with zero attached hydrogens (tertiary/aromatic N) is 4. The Morgan fingerprint density at radius 3 is 1.24 bits per heavy atom. The van der Waals surface area contributed by atoms with Crippen molar-refractivity contribution in [3.63, 3.8) is 0 Å². The van der Waals surface area contributed by atoms with Gasteiger partial charge < -0.3 is 42.5 Å². The van der Waals surface area contributed by atoms with Crippen LogP contribution in [-0.4, -0.2) is 72.5 Å². The maximum absolute atomic E-state index is 12.8. The molecule has 408 valence electrons. The van der Waals surface area contributed by atoms with E-state index in [9.17, 15) is 53.9 Å². The number of carbonyl (C=O) groups excluding carboxylic acids is 3. The van der Waals surface area contributed by atoms with Gasteiger partial charge in [0.15, 0.2) is 17.1 Å². The number of carbonyl (C=O) groups is 3. The number of hydrogen-bond acceptors (Lipinski definition) is 12. The minimum Gasteiger partial charge on any atom is -0.481 e. The topological polar surface area (TPSA) is 257 Å². The molecule has 0 spiro atoms. The van der Waals surface area contributed by atoms with Crippen LogP contribution in [0.2, 0.25) is 0 Å². The Morgan fingerprint density at radius 1 is 0.587 bits per heavy atom. The van der Waals surface area contributed by atoms with Crippen molar-refractivity contribution >= 4 is 53.0 Å². The van der Waals surface area contributed by atoms with Gasteiger partial charge in [-0.3, -0.25) is 14.4 Å². The summed E-state index contributed by atoms with van der Waals surface area (Å²) in [5.74, 6) is -5.06. The number of allylic oxidation sites excluding steroid dienone is 3. The lowest BCUT2D eigenvalue weighted by atomic mass is 9.81. The Bertz CT molecular complexity index is 2610. The van der Waals surface area contributed by atoms with E-state index in [0.29, 0.717) is 55.2 Å². The first-order valence-electron chi connectivity index (χ1n) is 23.7. The summed E-state index contributed by atoms with van der Waals surface area (Å²) in [6.45, 7) is 3.34. The maximum Gasteiger partial charge on any atom is 0.391 e. The number of pyridine rings is 3. The molecule has 24 heteroatoms. The number of halogens is 9. The number of nitrogens with one attached hydrogen (secondary N) is 1. The SMILES string of the molecule is C=CC(=O)Nc1cc(/C=C/C2CCC(C(F)(F)F)CC2)c(OC)nc1C(N)=O.COc1nc(C#N)c(N)cc1/C=C/C1CCC(C(F)(F)F)CC1.COc1nc(C(N)=O)c(N)cc1/C=C/C1CCC(C(F)(F)F)CC1. The third kappa shape index (κ3) is 17.7. The van der Waals surface area contributed by atoms with Crippen molar-refractivity contribution in [1.82, 2.24) is 15.0 Å². The predicted octanol–water partition coefficient (Wildman–Crippen LogP) is 10.8. The highest BCUT2D eigenvalue weighted by Crippen LogP contribution is 2.43. The third-order valence-corrected chi connectivity index (χ3v) is 13.0. The molecule has 0 aliphatic heterocycles. The number of nitrogens with two attached hydrogens (primary N) is 4. The van der Waals surface area contributed by atoms with Crippen molar-refractivity contribution < 1.29 is 68.1 Å². The molecule has 3 aromatic rings. The van der Waals surface area contributed by atoms with Crippen molar-refractivity contribution in [3.05, 3.63) is 82.9 Å². The Labute approximate surface area is 427 Å². The molecule has 3 fully saturated rings. The lowest BCUT2D eigenvalue weighted by Gasteiger charge is -2.28. The monoisotopic (exact) mass is 1070 g/mol. The van der Waals surface area contributed by atoms with Crippen LogP contribution in [0.4, 0.5) is 56.6 Å². The molecule has 0 saturated heterocycles. The highest BCUT2D eigenvalue weighted by atomic mass is 19.4. The van der Waals surface area contributed by atoms with E-state index in [2.05, 4.69) is 26.8 Å². The second kappa shape index (κ2) is 26.8. The summed E-state index contributed by atoms with van der Waals surface area (Å²) in [6.07, 6.45) is 2.91. The summed E-state index contributed by atoms with van der Waals surface area (Å²) in [5.41, 5.74) is 23.9. The molecule has 0 atom stereocenters. The van der Waals surface area contributed by atoms with Gasteiger partial charge in [0.1, 0.15) is 6.07 Å². The molecular weight excluding hydrogens is 1010 g/mol. The molecule has 3 saturated carbocycles. The molecule has 15 nitrogen and oxygen atoms in total. The zero-order valence-corrected chi connectivity index (χ0v) is 41.4. The van der Waals surface area contributed by atoms with E-state index in [4.69, 9.17) is 42.4 Å². The second-order valence-corrected chi connectivity index (χ2v) is 18.1. The average Bonchev–Trinajstić information content (AvgIpc) is 3.36. The molecule has 3 heterocycles. The normalized spacial score (nSPS) is 21.2. The molecular formula is C51H60F9N9O6. The number of aromatic nitrogens is 3. The number of methoxy groups -OCH3 is 3. The van der Waals surface area contributed by atoms with Crippen molar-refractivity contribution in [2.75, 3.05) is 38.1 Å². The predicted molar refractivity (Wildman–Crippen MR) is 263 cm³/mol. The molecule has 3 aromatic heterocycles. The number of anilines is 3. The lowest BCUT2D eigenvalue weighted by Crippen LogP contribution is -2.27. The number of hydrogen-bond donors (Lipinski definition) is 5. The van der Waals surface area contributed by atoms with Gasteiger partial charge >= 0.3 is 18.5 Å². The highest BCUT2D eigenvalue weighted by molar-refractivity contribution is 6.05. The van der Waals surface area contributed by atoms with Crippen LogP contribution in [0, 0.1) is 46.8 Å². The van der Waals surface area contributed by atoms with E-state index in [-0.39, 0.29) is 108 Å². The Morgan fingerprint density at radius 2 is 0.920 bits per heavy atom. The number of amides is 3. The molecule has 0 bridgehead atoms. The molecule has 6 rings (SSSR count). The van der Waals surface area contributed by atoms with Gasteiger partial charge in [0.05, 0.1) is 56.1 Å². The fraction of sp³-hybridized carbons (Fsp3) is 0.471. The summed E-state index contributed by atoms with van der Waals surface area (Å²) in [6, 6.07) is 6.46. The Hall–Kier alpha value is -7.32. The van der Waals surface area contributed by atoms with Gasteiger partial charge in [-0.15, -0.1) is 0 Å². The molecule has 3 amide bonds. The standard InChI is InChI=1S/C19H22F3N3O3.C16H20F3N3O2.C16H18F3N3O/c1-3-15(26)24-14-10-12(18(28-2)25-16(14)17(23)27)7-4-11-5-8-13(9-6-11)19(20,21)22;1-24-15-10(8-12(20)13(22-15)14(21)23)5-2-9-3-6-11(7-4-9)16(17,18)19;1-23-15-11(8-13(21)14(9-20)22-15)5-2-10-3-6-12(7-4-10)16(17,18)19/h3-4,7,10-11,13H,1,5-6,8-9H2,2H3,(H2,23,27)(H,24,26);2,5,8-9,11H,3-4,6-7,20H2,1H3,(H2,21,23);2,5,8,10,12H,3-4,6-7,21H2,1H3/b7-4+;2*5-2+. The second-order valence-electron chi connectivity index (χ2n) is 18.1. The molecule has 3 aliphatic rings. The van der Waals surface area contributed by atoms with Gasteiger partial charge in [0, 0.05) is 16.7 Å². The number of ether oxygens (including phenoxy) is 3. The molecule has 75 heavy (non-hydrogen) atoms. The summed E-state index contributed by atoms with van der Waals surface area (Å²) in [4.78, 5) is 46.5. The van der Waals surface area contributed by atoms with Gasteiger partial charge in [-0.25, -0.2) is 9.97 Å². The van der Waals surface area contributed by atoms with Gasteiger partial charge in [-0.05, 0) is 119 Å². The van der Waals surface area contributed by atoms with Crippen LogP contribution < -0.4 is 42.5 Å². The van der Waals surface area contributed by atoms with Crippen LogP contribution in [-0.2, 0) is 4.79 Å². The first-order valence-corrected chi connectivity index (χ1v) is 23.7. The van der Waals surface area contributed by atoms with Crippen molar-refractivity contribution in [1.29, 1.82) is 5.26 Å². The number of rotatable bonds is 13. The highest BCUT2D eigenvalue weighted by Gasteiger charge is 2.43. The molecule has 0 aromatic carbocycles. The van der Waals surface area contributed by atoms with E-state index in [1.807, 2.05) is 18.2 Å². The zero-order valence-electron chi connectivity index (χ0n) is 41.4. The summed E-state index contributed by atoms with van der Waals surface area (Å²) < 4.78 is 130. The van der Waals surface area contributed by atoms with E-state index in [0.717, 1.165) is 6.08 Å². The van der Waals surface area contributed by atoms with Crippen LogP contribution >= 0.6 is 0 Å². The fourth-order valence-corrected chi connectivity index (χ4v) is 8.81. The summed E-state index contributed by atoms with van der Waals surface area (Å²) >= 11 is 0. The number of nitriles is 1. The average molecular weight is 1070 g/mol. The van der Waals surface area contributed by atoms with Crippen LogP contribution in [0.25, 0.3) is 18.2 Å². The largest absolute Gasteiger partial charge is 0.481 e. The van der Waals surface area contributed by atoms with E-state index < -0.39 is 54.0 Å². The third-order valence-electron chi connectivity index (χ3n) is 13.0. The van der Waals surface area contributed by atoms with Crippen molar-refractivity contribution in [3.8, 4) is 23.7 Å². The van der Waals surface area contributed by atoms with Crippen LogP contribution in [0.15, 0.2) is 49.1 Å². The van der Waals surface area contributed by atoms with E-state index in [1.54, 1.807) is 30.4 Å². The zero-order chi connectivity index (χ0) is 55.8. The molecule has 0 radical (unpaired) electrons.